The molecule has 0 saturated heterocycles. The van der Waals surface area contributed by atoms with Crippen molar-refractivity contribution in [1.82, 2.24) is 4.90 Å². The quantitative estimate of drug-likeness (QED) is 0.785. The smallest absolute Gasteiger partial charge is 0.246 e. The molecule has 0 spiro atoms. The second-order valence-electron chi connectivity index (χ2n) is 6.39. The van der Waals surface area contributed by atoms with Gasteiger partial charge in [0.25, 0.3) is 0 Å². The number of benzene rings is 2. The van der Waals surface area contributed by atoms with Crippen molar-refractivity contribution in [3.05, 3.63) is 60.7 Å². The Morgan fingerprint density at radius 2 is 1.88 bits per heavy atom. The molecule has 2 aromatic carbocycles. The summed E-state index contributed by atoms with van der Waals surface area (Å²) < 4.78 is 23.3. The molecule has 0 bridgehead atoms. The highest BCUT2D eigenvalue weighted by Gasteiger charge is 2.40. The molecule has 1 saturated carbocycles. The predicted molar refractivity (Wildman–Crippen MR) is 96.3 cm³/mol. The molecule has 0 heterocycles. The van der Waals surface area contributed by atoms with Gasteiger partial charge in [-0.3, -0.25) is 4.79 Å². The van der Waals surface area contributed by atoms with E-state index in [1.807, 2.05) is 42.5 Å². The zero-order valence-corrected chi connectivity index (χ0v) is 14.5. The molecule has 3 rings (SSSR count). The number of hydrogen-bond donors (Lipinski definition) is 0. The molecule has 0 aromatic heterocycles. The molecule has 2 aromatic rings. The van der Waals surface area contributed by atoms with Gasteiger partial charge < -0.3 is 4.90 Å². The topological polar surface area (TPSA) is 54.5 Å². The number of carbonyl (C=O) groups is 1. The van der Waals surface area contributed by atoms with Gasteiger partial charge in [0.05, 0.1) is 5.25 Å². The molecular weight excluding hydrogens is 322 g/mol. The van der Waals surface area contributed by atoms with E-state index in [9.17, 15) is 13.2 Å². The molecule has 1 aliphatic carbocycles. The molecule has 1 amide bonds. The summed E-state index contributed by atoms with van der Waals surface area (Å²) in [4.78, 5) is 14.0. The average Bonchev–Trinajstić information content (AvgIpc) is 2.50. The lowest BCUT2D eigenvalue weighted by Crippen LogP contribution is -2.51. The predicted octanol–water partition coefficient (Wildman–Crippen LogP) is 2.93. The first-order chi connectivity index (χ1) is 11.4. The number of hydrogen-bond acceptors (Lipinski definition) is 3. The molecular formula is C19H21NO3S. The summed E-state index contributed by atoms with van der Waals surface area (Å²) in [5, 5.41) is 1.90. The normalized spacial score (nSPS) is 20.4. The van der Waals surface area contributed by atoms with Crippen molar-refractivity contribution in [2.45, 2.75) is 30.7 Å². The van der Waals surface area contributed by atoms with Crippen LogP contribution in [0.1, 0.15) is 18.4 Å². The van der Waals surface area contributed by atoms with Crippen molar-refractivity contribution in [3.63, 3.8) is 0 Å². The van der Waals surface area contributed by atoms with Gasteiger partial charge in [-0.1, -0.05) is 49.0 Å². The van der Waals surface area contributed by atoms with Crippen molar-refractivity contribution >= 4 is 26.5 Å². The number of nitrogens with zero attached hydrogens (tertiary/aromatic N) is 1. The van der Waals surface area contributed by atoms with Gasteiger partial charge in [0, 0.05) is 18.8 Å². The second-order valence-corrected chi connectivity index (χ2v) is 8.71. The van der Waals surface area contributed by atoms with Gasteiger partial charge >= 0.3 is 0 Å². The van der Waals surface area contributed by atoms with E-state index in [2.05, 4.69) is 6.58 Å². The first kappa shape index (κ1) is 16.7. The van der Waals surface area contributed by atoms with E-state index in [0.717, 1.165) is 16.3 Å². The van der Waals surface area contributed by atoms with Gasteiger partial charge in [-0.25, -0.2) is 8.42 Å². The van der Waals surface area contributed by atoms with Crippen molar-refractivity contribution in [2.75, 3.05) is 6.26 Å². The van der Waals surface area contributed by atoms with Crippen LogP contribution in [0.4, 0.5) is 0 Å². The number of fused-ring (bicyclic) bond motifs is 1. The molecule has 0 N–H and O–H groups in total. The monoisotopic (exact) mass is 343 g/mol. The van der Waals surface area contributed by atoms with Crippen LogP contribution in [0.3, 0.4) is 0 Å². The molecule has 1 aliphatic rings. The van der Waals surface area contributed by atoms with Crippen molar-refractivity contribution < 1.29 is 13.2 Å². The van der Waals surface area contributed by atoms with E-state index in [-0.39, 0.29) is 17.2 Å². The summed E-state index contributed by atoms with van der Waals surface area (Å²) in [7, 11) is -3.04. The lowest BCUT2D eigenvalue weighted by molar-refractivity contribution is -0.130. The van der Waals surface area contributed by atoms with Gasteiger partial charge in [0.15, 0.2) is 0 Å². The Morgan fingerprint density at radius 3 is 2.54 bits per heavy atom. The van der Waals surface area contributed by atoms with Crippen LogP contribution in [-0.2, 0) is 21.2 Å². The van der Waals surface area contributed by atoms with Crippen molar-refractivity contribution in [3.8, 4) is 0 Å². The Morgan fingerprint density at radius 1 is 1.21 bits per heavy atom. The molecule has 0 aliphatic heterocycles. The van der Waals surface area contributed by atoms with Crippen LogP contribution in [0, 0.1) is 0 Å². The fourth-order valence-corrected chi connectivity index (χ4v) is 4.40. The third kappa shape index (κ3) is 3.22. The third-order valence-electron chi connectivity index (χ3n) is 4.79. The minimum atomic E-state index is -3.04. The zero-order valence-electron chi connectivity index (χ0n) is 13.7. The van der Waals surface area contributed by atoms with Crippen molar-refractivity contribution in [2.24, 2.45) is 0 Å². The van der Waals surface area contributed by atoms with E-state index in [4.69, 9.17) is 0 Å². The minimum absolute atomic E-state index is 0.0470. The third-order valence-corrected chi connectivity index (χ3v) is 6.39. The molecule has 1 fully saturated rings. The van der Waals surface area contributed by atoms with Crippen LogP contribution in [0.2, 0.25) is 0 Å². The SMILES string of the molecule is C=CC(=O)N(Cc1cccc2ccccc12)C1CC(S(C)(=O)=O)C1. The summed E-state index contributed by atoms with van der Waals surface area (Å²) in [5.74, 6) is -0.153. The number of amides is 1. The van der Waals surface area contributed by atoms with Gasteiger partial charge in [-0.15, -0.1) is 0 Å². The minimum Gasteiger partial charge on any atom is -0.332 e. The lowest BCUT2D eigenvalue weighted by atomic mass is 9.90. The van der Waals surface area contributed by atoms with E-state index in [0.29, 0.717) is 19.4 Å². The van der Waals surface area contributed by atoms with Gasteiger partial charge in [-0.2, -0.15) is 0 Å². The Bertz CT molecular complexity index is 877. The van der Waals surface area contributed by atoms with Gasteiger partial charge in [0.2, 0.25) is 5.91 Å². The number of rotatable bonds is 5. The molecule has 5 heteroatoms. The fourth-order valence-electron chi connectivity index (χ4n) is 3.26. The van der Waals surface area contributed by atoms with Crippen LogP contribution in [0.5, 0.6) is 0 Å². The highest BCUT2D eigenvalue weighted by molar-refractivity contribution is 7.91. The lowest BCUT2D eigenvalue weighted by Gasteiger charge is -2.41. The van der Waals surface area contributed by atoms with Gasteiger partial charge in [-0.05, 0) is 35.3 Å². The van der Waals surface area contributed by atoms with E-state index < -0.39 is 9.84 Å². The van der Waals surface area contributed by atoms with Crippen LogP contribution in [0.15, 0.2) is 55.1 Å². The fraction of sp³-hybridized carbons (Fsp3) is 0.316. The summed E-state index contributed by atoms with van der Waals surface area (Å²) in [6.07, 6.45) is 3.57. The van der Waals surface area contributed by atoms with Gasteiger partial charge in [0.1, 0.15) is 9.84 Å². The van der Waals surface area contributed by atoms with E-state index >= 15 is 0 Å². The first-order valence-corrected chi connectivity index (χ1v) is 9.94. The average molecular weight is 343 g/mol. The van der Waals surface area contributed by atoms with E-state index in [1.54, 1.807) is 4.90 Å². The first-order valence-electron chi connectivity index (χ1n) is 7.98. The summed E-state index contributed by atoms with van der Waals surface area (Å²) in [5.41, 5.74) is 1.06. The maximum Gasteiger partial charge on any atom is 0.246 e. The van der Waals surface area contributed by atoms with E-state index in [1.165, 1.54) is 12.3 Å². The Balaban J connectivity index is 1.86. The molecule has 126 valence electrons. The molecule has 4 nitrogen and oxygen atoms in total. The van der Waals surface area contributed by atoms with Crippen LogP contribution in [-0.4, -0.2) is 36.8 Å². The largest absolute Gasteiger partial charge is 0.332 e. The Kier molecular flexibility index (Phi) is 4.45. The van der Waals surface area contributed by atoms with Crippen LogP contribution < -0.4 is 0 Å². The molecule has 0 unspecified atom stereocenters. The van der Waals surface area contributed by atoms with Crippen LogP contribution >= 0.6 is 0 Å². The maximum atomic E-state index is 12.3. The summed E-state index contributed by atoms with van der Waals surface area (Å²) >= 11 is 0. The number of sulfone groups is 1. The summed E-state index contributed by atoms with van der Waals surface area (Å²) in [6.45, 7) is 4.05. The maximum absolute atomic E-state index is 12.3. The Hall–Kier alpha value is -2.14. The molecule has 0 atom stereocenters. The highest BCUT2D eigenvalue weighted by atomic mass is 32.2. The highest BCUT2D eigenvalue weighted by Crippen LogP contribution is 2.33. The number of carbonyl (C=O) groups excluding carboxylic acids is 1. The zero-order chi connectivity index (χ0) is 17.3. The summed E-state index contributed by atoms with van der Waals surface area (Å²) in [6, 6.07) is 14.0. The molecule has 24 heavy (non-hydrogen) atoms. The second kappa shape index (κ2) is 6.40. The van der Waals surface area contributed by atoms with Crippen molar-refractivity contribution in [1.29, 1.82) is 0 Å². The standard InChI is InChI=1S/C19H21NO3S/c1-3-19(21)20(16-11-17(12-16)24(2,22)23)13-15-9-6-8-14-7-4-5-10-18(14)15/h3-10,16-17H,1,11-13H2,2H3. The molecule has 0 radical (unpaired) electrons. The Labute approximate surface area is 142 Å². The van der Waals surface area contributed by atoms with Crippen LogP contribution in [0.25, 0.3) is 10.8 Å².